The van der Waals surface area contributed by atoms with Crippen molar-refractivity contribution >= 4 is 39.2 Å². The molecule has 2 heterocycles. The molecule has 0 aliphatic carbocycles. The number of hydrogen-bond acceptors (Lipinski definition) is 16. The molecule has 368 valence electrons. The molecule has 65 heavy (non-hydrogen) atoms. The Kier molecular flexibility index (Phi) is 28.5. The summed E-state index contributed by atoms with van der Waals surface area (Å²) in [4.78, 5) is 73.3. The molecule has 2 unspecified atom stereocenters. The fraction of sp³-hybridized carbons (Fsp3) is 0.659. The van der Waals surface area contributed by atoms with Gasteiger partial charge in [-0.05, 0) is 56.6 Å². The summed E-state index contributed by atoms with van der Waals surface area (Å²) in [6, 6.07) is 1.24. The lowest BCUT2D eigenvalue weighted by atomic mass is 10.0. The number of aliphatic hydroxyl groups is 2. The van der Waals surface area contributed by atoms with E-state index in [2.05, 4.69) is 30.1 Å². The van der Waals surface area contributed by atoms with Crippen molar-refractivity contribution in [3.63, 3.8) is 0 Å². The molecule has 1 aromatic rings. The van der Waals surface area contributed by atoms with Crippen LogP contribution in [0.1, 0.15) is 136 Å². The van der Waals surface area contributed by atoms with Crippen molar-refractivity contribution in [3.05, 3.63) is 71.4 Å². The maximum Gasteiger partial charge on any atom is 0.481 e. The number of carbonyl (C=O) groups is 3. The lowest BCUT2D eigenvalue weighted by Crippen LogP contribution is -2.36. The number of anilines is 1. The largest absolute Gasteiger partial charge is 0.481 e. The van der Waals surface area contributed by atoms with Gasteiger partial charge < -0.3 is 39.9 Å². The molecule has 1 aliphatic rings. The Morgan fingerprint density at radius 1 is 0.831 bits per heavy atom. The monoisotopic (exact) mass is 959 g/mol. The zero-order chi connectivity index (χ0) is 48.1. The van der Waals surface area contributed by atoms with Gasteiger partial charge in [0.25, 0.3) is 0 Å². The van der Waals surface area contributed by atoms with Gasteiger partial charge in [-0.15, -0.1) is 0 Å². The number of carbonyl (C=O) groups excluding carboxylic acids is 3. The molecule has 7 atom stereocenters. The molecule has 19 nitrogen and oxygen atoms in total. The number of ketones is 1. The van der Waals surface area contributed by atoms with E-state index in [1.54, 1.807) is 12.2 Å². The first kappa shape index (κ1) is 57.5. The fourth-order valence-electron chi connectivity index (χ4n) is 6.27. The van der Waals surface area contributed by atoms with E-state index in [4.69, 9.17) is 29.0 Å². The molecular weight excluding hydrogens is 888 g/mol. The van der Waals surface area contributed by atoms with Gasteiger partial charge in [-0.1, -0.05) is 115 Å². The van der Waals surface area contributed by atoms with E-state index in [1.807, 2.05) is 36.5 Å². The molecule has 1 aliphatic heterocycles. The summed E-state index contributed by atoms with van der Waals surface area (Å²) in [5, 5.41) is 20.8. The van der Waals surface area contributed by atoms with Crippen molar-refractivity contribution in [2.45, 2.75) is 161 Å². The zero-order valence-electron chi connectivity index (χ0n) is 37.9. The van der Waals surface area contributed by atoms with Crippen LogP contribution in [0.5, 0.6) is 0 Å². The van der Waals surface area contributed by atoms with Gasteiger partial charge in [-0.3, -0.25) is 28.0 Å². The smallest absolute Gasteiger partial charge is 0.462 e. The van der Waals surface area contributed by atoms with Crippen molar-refractivity contribution in [2.24, 2.45) is 5.92 Å². The Balaban J connectivity index is 1.85. The molecule has 0 radical (unpaired) electrons. The summed E-state index contributed by atoms with van der Waals surface area (Å²) in [7, 11) is -10.9. The number of rotatable bonds is 35. The quantitative estimate of drug-likeness (QED) is 0.0112. The van der Waals surface area contributed by atoms with E-state index >= 15 is 0 Å². The second-order valence-corrected chi connectivity index (χ2v) is 19.1. The number of unbranched alkanes of at least 4 members (excludes halogenated alkanes) is 8. The zero-order valence-corrected chi connectivity index (χ0v) is 39.7. The van der Waals surface area contributed by atoms with Crippen LogP contribution < -0.4 is 11.4 Å². The maximum atomic E-state index is 12.8. The van der Waals surface area contributed by atoms with Gasteiger partial charge in [-0.25, -0.2) is 13.9 Å². The number of nitrogens with two attached hydrogens (primary N) is 1. The standard InChI is InChI=1S/C44H71N3O16P2/c1-4-5-19-25-35(48)26-21-16-11-9-7-6-8-10-12-17-22-27-39(49)58-31-36(61-40(50)28-23-18-14-13-15-20-24-34(2)3)32-59-64(54,55)63-65(56,57)60-33-37-41(51)42(52)43(62-37)47-30-29-38(45)46-44(47)53/h6-7,10-12,16,21,26,29-30,34,36-37,41-43,51-52H,4-5,8-9,13-15,17-20,22-25,27-28,31-33H2,1-3H3,(H,54,55)(H,56,57)(H2,45,46,53)/b7-6-,12-10-,16-11-,26-21+/t36-,37-,41-,42-,43-/m1/s1. The average Bonchev–Trinajstić information content (AvgIpc) is 3.52. The van der Waals surface area contributed by atoms with Gasteiger partial charge >= 0.3 is 33.3 Å². The van der Waals surface area contributed by atoms with E-state index in [9.17, 15) is 48.3 Å². The molecule has 6 N–H and O–H groups in total. The molecule has 0 aromatic carbocycles. The Morgan fingerprint density at radius 2 is 1.48 bits per heavy atom. The third kappa shape index (κ3) is 26.4. The van der Waals surface area contributed by atoms with E-state index < -0.39 is 83.7 Å². The van der Waals surface area contributed by atoms with Crippen molar-refractivity contribution in [1.82, 2.24) is 9.55 Å². The molecule has 0 amide bonds. The van der Waals surface area contributed by atoms with Gasteiger partial charge in [0.2, 0.25) is 0 Å². The van der Waals surface area contributed by atoms with Gasteiger partial charge in [-0.2, -0.15) is 9.29 Å². The van der Waals surface area contributed by atoms with Crippen LogP contribution in [0.4, 0.5) is 5.82 Å². The number of nitrogens with zero attached hydrogens (tertiary/aromatic N) is 2. The molecule has 2 rings (SSSR count). The summed E-state index contributed by atoms with van der Waals surface area (Å²) in [6.07, 6.45) is 21.1. The number of aliphatic hydroxyl groups excluding tert-OH is 2. The summed E-state index contributed by atoms with van der Waals surface area (Å²) < 4.78 is 56.4. The SMILES string of the molecule is CCCCCC(=O)/C=C/C=C\C/C=C\C/C=C\CCCC(=O)OC[C@H](COP(=O)(O)OP(=O)(O)OC[C@H]1O[C@@H](n2ccc(N)nc2=O)[C@H](O)[C@@H]1O)OC(=O)CCCCCCCCC(C)C. The predicted octanol–water partition coefficient (Wildman–Crippen LogP) is 7.25. The highest BCUT2D eigenvalue weighted by Gasteiger charge is 2.46. The molecular formula is C44H71N3O16P2. The Bertz CT molecular complexity index is 1850. The summed E-state index contributed by atoms with van der Waals surface area (Å²) in [6.45, 7) is 4.06. The van der Waals surface area contributed by atoms with Gasteiger partial charge in [0.05, 0.1) is 13.2 Å². The first-order valence-electron chi connectivity index (χ1n) is 22.5. The number of phosphoric ester groups is 2. The first-order valence-corrected chi connectivity index (χ1v) is 25.5. The second kappa shape index (κ2) is 32.2. The Morgan fingerprint density at radius 3 is 2.18 bits per heavy atom. The molecule has 1 saturated heterocycles. The molecule has 0 bridgehead atoms. The summed E-state index contributed by atoms with van der Waals surface area (Å²) in [5.41, 5.74) is 4.56. The molecule has 0 spiro atoms. The molecule has 21 heteroatoms. The highest BCUT2D eigenvalue weighted by atomic mass is 31.3. The van der Waals surface area contributed by atoms with Crippen LogP contribution in [-0.4, -0.2) is 91.5 Å². The van der Waals surface area contributed by atoms with Gasteiger partial charge in [0, 0.05) is 25.5 Å². The van der Waals surface area contributed by atoms with Crippen LogP contribution in [0.15, 0.2) is 65.7 Å². The average molecular weight is 960 g/mol. The fourth-order valence-corrected chi connectivity index (χ4v) is 8.38. The summed E-state index contributed by atoms with van der Waals surface area (Å²) in [5.74, 6) is -0.636. The predicted molar refractivity (Wildman–Crippen MR) is 243 cm³/mol. The van der Waals surface area contributed by atoms with Crippen LogP contribution in [0.3, 0.4) is 0 Å². The van der Waals surface area contributed by atoms with Crippen LogP contribution >= 0.6 is 15.6 Å². The highest BCUT2D eigenvalue weighted by Crippen LogP contribution is 2.60. The number of phosphoric acid groups is 2. The van der Waals surface area contributed by atoms with Crippen molar-refractivity contribution < 1.29 is 71.1 Å². The molecule has 1 aromatic heterocycles. The van der Waals surface area contributed by atoms with Crippen molar-refractivity contribution in [3.8, 4) is 0 Å². The number of aromatic nitrogens is 2. The number of hydrogen-bond donors (Lipinski definition) is 5. The molecule has 0 saturated carbocycles. The van der Waals surface area contributed by atoms with E-state index in [1.165, 1.54) is 6.07 Å². The Hall–Kier alpha value is -3.61. The summed E-state index contributed by atoms with van der Waals surface area (Å²) >= 11 is 0. The number of ether oxygens (including phenoxy) is 3. The molecule has 1 fully saturated rings. The van der Waals surface area contributed by atoms with E-state index in [0.29, 0.717) is 38.0 Å². The van der Waals surface area contributed by atoms with Crippen LogP contribution in [0, 0.1) is 5.92 Å². The lowest BCUT2D eigenvalue weighted by molar-refractivity contribution is -0.161. The normalized spacial score (nSPS) is 20.2. The minimum absolute atomic E-state index is 0.0223. The number of allylic oxidation sites excluding steroid dienone is 8. The van der Waals surface area contributed by atoms with Crippen molar-refractivity contribution in [2.75, 3.05) is 25.6 Å². The second-order valence-electron chi connectivity index (χ2n) is 16.1. The van der Waals surface area contributed by atoms with Crippen LogP contribution in [0.2, 0.25) is 0 Å². The third-order valence-corrected chi connectivity index (χ3v) is 12.4. The van der Waals surface area contributed by atoms with Crippen LogP contribution in [0.25, 0.3) is 0 Å². The topological polar surface area (TPSA) is 283 Å². The van der Waals surface area contributed by atoms with Crippen LogP contribution in [-0.2, 0) is 51.1 Å². The highest BCUT2D eigenvalue weighted by molar-refractivity contribution is 7.61. The third-order valence-electron chi connectivity index (χ3n) is 9.82. The first-order chi connectivity index (χ1) is 30.9. The lowest BCUT2D eigenvalue weighted by Gasteiger charge is -2.21. The maximum absolute atomic E-state index is 12.8. The van der Waals surface area contributed by atoms with E-state index in [-0.39, 0.29) is 24.4 Å². The number of nitrogen functional groups attached to an aromatic ring is 1. The van der Waals surface area contributed by atoms with Crippen molar-refractivity contribution in [1.29, 1.82) is 0 Å². The number of esters is 2. The minimum Gasteiger partial charge on any atom is -0.462 e. The Labute approximate surface area is 382 Å². The van der Waals surface area contributed by atoms with Gasteiger partial charge in [0.15, 0.2) is 18.1 Å². The minimum atomic E-state index is -5.44. The van der Waals surface area contributed by atoms with Gasteiger partial charge in [0.1, 0.15) is 30.7 Å². The van der Waals surface area contributed by atoms with E-state index in [0.717, 1.165) is 75.0 Å².